The van der Waals surface area contributed by atoms with E-state index in [9.17, 15) is 4.79 Å². The van der Waals surface area contributed by atoms with Gasteiger partial charge in [0.2, 0.25) is 0 Å². The van der Waals surface area contributed by atoms with Gasteiger partial charge in [-0.25, -0.2) is 0 Å². The van der Waals surface area contributed by atoms with Crippen molar-refractivity contribution in [1.29, 1.82) is 0 Å². The Morgan fingerprint density at radius 1 is 1.82 bits per heavy atom. The number of rotatable bonds is 2. The van der Waals surface area contributed by atoms with Crippen LogP contribution < -0.4 is 5.73 Å². The van der Waals surface area contributed by atoms with Gasteiger partial charge in [0.05, 0.1) is 0 Å². The summed E-state index contributed by atoms with van der Waals surface area (Å²) in [5.41, 5.74) is 4.65. The molecule has 2 atom stereocenters. The first-order valence-electron chi connectivity index (χ1n) is 3.76. The Balaban J connectivity index is 2.67. The van der Waals surface area contributed by atoms with Crippen LogP contribution in [0, 0.1) is 5.92 Å². The lowest BCUT2D eigenvalue weighted by Gasteiger charge is -2.41. The van der Waals surface area contributed by atoms with Gasteiger partial charge in [-0.1, -0.05) is 12.2 Å². The van der Waals surface area contributed by atoms with Crippen molar-refractivity contribution < 1.29 is 9.90 Å². The van der Waals surface area contributed by atoms with Gasteiger partial charge in [-0.05, 0) is 19.8 Å². The van der Waals surface area contributed by atoms with E-state index >= 15 is 0 Å². The molecular weight excluding hydrogens is 142 g/mol. The molecule has 1 saturated carbocycles. The van der Waals surface area contributed by atoms with Gasteiger partial charge >= 0.3 is 5.97 Å². The molecule has 3 nitrogen and oxygen atoms in total. The molecule has 62 valence electrons. The minimum absolute atomic E-state index is 0.0324. The Morgan fingerprint density at radius 3 is 2.73 bits per heavy atom. The topological polar surface area (TPSA) is 63.3 Å². The van der Waals surface area contributed by atoms with E-state index in [4.69, 9.17) is 10.8 Å². The van der Waals surface area contributed by atoms with E-state index in [0.717, 1.165) is 6.42 Å². The first-order valence-corrected chi connectivity index (χ1v) is 3.76. The largest absolute Gasteiger partial charge is 0.480 e. The second-order valence-electron chi connectivity index (χ2n) is 3.02. The zero-order valence-corrected chi connectivity index (χ0v) is 6.58. The molecule has 0 aromatic carbocycles. The fraction of sp³-hybridized carbons (Fsp3) is 0.625. The predicted octanol–water partition coefficient (Wildman–Crippen LogP) is 0.755. The smallest absolute Gasteiger partial charge is 0.324 e. The molecule has 0 saturated heterocycles. The standard InChI is InChI=1S/C8H13NO2/c1-2-3-6-4-5-8(6,9)7(10)11/h2-3,6H,4-5,9H2,1H3,(H,10,11)/b3-2-/t6?,8-/m0/s1. The van der Waals surface area contributed by atoms with E-state index < -0.39 is 11.5 Å². The van der Waals surface area contributed by atoms with Crippen LogP contribution in [0.5, 0.6) is 0 Å². The highest BCUT2D eigenvalue weighted by molar-refractivity contribution is 5.80. The van der Waals surface area contributed by atoms with Crippen molar-refractivity contribution in [3.8, 4) is 0 Å². The van der Waals surface area contributed by atoms with Gasteiger partial charge in [0.15, 0.2) is 0 Å². The van der Waals surface area contributed by atoms with Crippen LogP contribution in [0.15, 0.2) is 12.2 Å². The summed E-state index contributed by atoms with van der Waals surface area (Å²) in [6.45, 7) is 1.88. The fourth-order valence-corrected chi connectivity index (χ4v) is 1.39. The summed E-state index contributed by atoms with van der Waals surface area (Å²) in [6.07, 6.45) is 5.22. The number of carbonyl (C=O) groups is 1. The van der Waals surface area contributed by atoms with E-state index in [-0.39, 0.29) is 5.92 Å². The summed E-state index contributed by atoms with van der Waals surface area (Å²) in [7, 11) is 0. The van der Waals surface area contributed by atoms with E-state index in [1.54, 1.807) is 0 Å². The number of hydrogen-bond donors (Lipinski definition) is 2. The minimum Gasteiger partial charge on any atom is -0.480 e. The monoisotopic (exact) mass is 155 g/mol. The number of carboxylic acids is 1. The van der Waals surface area contributed by atoms with Crippen molar-refractivity contribution in [3.63, 3.8) is 0 Å². The number of aliphatic carboxylic acids is 1. The van der Waals surface area contributed by atoms with Crippen LogP contribution in [0.2, 0.25) is 0 Å². The van der Waals surface area contributed by atoms with Crippen molar-refractivity contribution in [2.45, 2.75) is 25.3 Å². The molecule has 11 heavy (non-hydrogen) atoms. The molecule has 0 radical (unpaired) electrons. The van der Waals surface area contributed by atoms with Gasteiger partial charge in [-0.2, -0.15) is 0 Å². The lowest BCUT2D eigenvalue weighted by atomic mass is 9.67. The molecule has 0 bridgehead atoms. The fourth-order valence-electron chi connectivity index (χ4n) is 1.39. The minimum atomic E-state index is -0.980. The third kappa shape index (κ3) is 1.16. The third-order valence-electron chi connectivity index (χ3n) is 2.35. The molecule has 1 fully saturated rings. The van der Waals surface area contributed by atoms with E-state index in [1.807, 2.05) is 19.1 Å². The van der Waals surface area contributed by atoms with Crippen molar-refractivity contribution in [2.75, 3.05) is 0 Å². The Hall–Kier alpha value is -0.830. The van der Waals surface area contributed by atoms with Gasteiger partial charge in [0.1, 0.15) is 5.54 Å². The Labute approximate surface area is 65.9 Å². The van der Waals surface area contributed by atoms with Crippen LogP contribution in [-0.2, 0) is 4.79 Å². The highest BCUT2D eigenvalue weighted by Gasteiger charge is 2.48. The third-order valence-corrected chi connectivity index (χ3v) is 2.35. The molecule has 1 unspecified atom stereocenters. The van der Waals surface area contributed by atoms with Crippen LogP contribution in [0.3, 0.4) is 0 Å². The molecule has 1 rings (SSSR count). The van der Waals surface area contributed by atoms with Crippen LogP contribution in [0.4, 0.5) is 0 Å². The zero-order valence-electron chi connectivity index (χ0n) is 6.58. The van der Waals surface area contributed by atoms with Crippen LogP contribution >= 0.6 is 0 Å². The lowest BCUT2D eigenvalue weighted by molar-refractivity contribution is -0.149. The number of nitrogens with two attached hydrogens (primary N) is 1. The molecule has 3 heteroatoms. The molecule has 3 N–H and O–H groups in total. The van der Waals surface area contributed by atoms with Gasteiger partial charge in [0, 0.05) is 5.92 Å². The maximum atomic E-state index is 10.6. The Morgan fingerprint density at radius 2 is 2.45 bits per heavy atom. The average molecular weight is 155 g/mol. The summed E-state index contributed by atoms with van der Waals surface area (Å²) >= 11 is 0. The molecule has 1 aliphatic carbocycles. The van der Waals surface area contributed by atoms with Crippen molar-refractivity contribution in [3.05, 3.63) is 12.2 Å². The number of allylic oxidation sites excluding steroid dienone is 1. The number of carboxylic acid groups (broad SMARTS) is 1. The van der Waals surface area contributed by atoms with E-state index in [2.05, 4.69) is 0 Å². The van der Waals surface area contributed by atoms with Crippen molar-refractivity contribution >= 4 is 5.97 Å². The van der Waals surface area contributed by atoms with Crippen molar-refractivity contribution in [2.24, 2.45) is 11.7 Å². The molecule has 0 aromatic rings. The number of hydrogen-bond acceptors (Lipinski definition) is 2. The highest BCUT2D eigenvalue weighted by atomic mass is 16.4. The van der Waals surface area contributed by atoms with Gasteiger partial charge < -0.3 is 10.8 Å². The summed E-state index contributed by atoms with van der Waals surface area (Å²) in [5, 5.41) is 8.73. The van der Waals surface area contributed by atoms with Gasteiger partial charge in [-0.3, -0.25) is 4.79 Å². The average Bonchev–Trinajstić information content (AvgIpc) is 1.96. The molecule has 0 aromatic heterocycles. The molecule has 0 amide bonds. The van der Waals surface area contributed by atoms with Crippen LogP contribution in [0.1, 0.15) is 19.8 Å². The van der Waals surface area contributed by atoms with Gasteiger partial charge in [-0.15, -0.1) is 0 Å². The second-order valence-corrected chi connectivity index (χ2v) is 3.02. The summed E-state index contributed by atoms with van der Waals surface area (Å²) in [4.78, 5) is 10.6. The summed E-state index contributed by atoms with van der Waals surface area (Å²) in [5.74, 6) is -0.850. The summed E-state index contributed by atoms with van der Waals surface area (Å²) in [6, 6.07) is 0. The SMILES string of the molecule is C/C=C\C1CC[C@@]1(N)C(=O)O. The maximum absolute atomic E-state index is 10.6. The molecule has 0 heterocycles. The lowest BCUT2D eigenvalue weighted by Crippen LogP contribution is -2.60. The van der Waals surface area contributed by atoms with E-state index in [0.29, 0.717) is 6.42 Å². The van der Waals surface area contributed by atoms with Crippen LogP contribution in [-0.4, -0.2) is 16.6 Å². The van der Waals surface area contributed by atoms with Crippen molar-refractivity contribution in [1.82, 2.24) is 0 Å². The molecule has 0 spiro atoms. The normalized spacial score (nSPS) is 37.1. The first-order chi connectivity index (χ1) is 5.11. The zero-order chi connectivity index (χ0) is 8.48. The van der Waals surface area contributed by atoms with E-state index in [1.165, 1.54) is 0 Å². The first kappa shape index (κ1) is 8.27. The molecule has 0 aliphatic heterocycles. The van der Waals surface area contributed by atoms with Gasteiger partial charge in [0.25, 0.3) is 0 Å². The van der Waals surface area contributed by atoms with Crippen LogP contribution in [0.25, 0.3) is 0 Å². The Bertz CT molecular complexity index is 200. The highest BCUT2D eigenvalue weighted by Crippen LogP contribution is 2.37. The summed E-state index contributed by atoms with van der Waals surface area (Å²) < 4.78 is 0. The molecular formula is C8H13NO2. The molecule has 1 aliphatic rings. The maximum Gasteiger partial charge on any atom is 0.324 e. The quantitative estimate of drug-likeness (QED) is 0.578. The Kier molecular flexibility index (Phi) is 2.00. The predicted molar refractivity (Wildman–Crippen MR) is 42.1 cm³/mol. The second kappa shape index (κ2) is 2.66.